The van der Waals surface area contributed by atoms with E-state index in [0.29, 0.717) is 45.8 Å². The van der Waals surface area contributed by atoms with E-state index in [2.05, 4.69) is 15.0 Å². The smallest absolute Gasteiger partial charge is 0.416 e. The molecule has 3 heterocycles. The number of alkyl halides is 9. The number of ether oxygens (including phenoxy) is 4. The Labute approximate surface area is 538 Å². The van der Waals surface area contributed by atoms with Crippen molar-refractivity contribution in [3.63, 3.8) is 0 Å². The van der Waals surface area contributed by atoms with Crippen molar-refractivity contribution in [3.05, 3.63) is 247 Å². The first kappa shape index (κ1) is 75.1. The molecule has 9 rings (SSSR count). The number of carbonyl (C=O) groups is 3. The highest BCUT2D eigenvalue weighted by Crippen LogP contribution is 2.41. The van der Waals surface area contributed by atoms with Gasteiger partial charge in [-0.3, -0.25) is 34.6 Å². The van der Waals surface area contributed by atoms with Gasteiger partial charge in [-0.25, -0.2) is 15.0 Å². The molecule has 11 N–H and O–H groups in total. The number of nitro groups is 2. The minimum absolute atomic E-state index is 0.0327. The number of pyridine rings is 3. The Morgan fingerprint density at radius 2 is 0.760 bits per heavy atom. The van der Waals surface area contributed by atoms with E-state index in [-0.39, 0.29) is 63.5 Å². The molecular weight excluding hydrogens is 1290 g/mol. The first-order chi connectivity index (χ1) is 45.2. The fraction of sp³-hybridized carbons (Fsp3) is 0.156. The van der Waals surface area contributed by atoms with E-state index >= 15 is 0 Å². The van der Waals surface area contributed by atoms with Gasteiger partial charge in [0.2, 0.25) is 6.54 Å². The third-order valence-electron chi connectivity index (χ3n) is 12.6. The molecule has 0 saturated heterocycles. The fourth-order valence-corrected chi connectivity index (χ4v) is 8.11. The molecule has 0 spiro atoms. The molecule has 0 aliphatic carbocycles. The molecule has 0 bridgehead atoms. The Balaban J connectivity index is 0.000000250. The Hall–Kier alpha value is -11.6. The summed E-state index contributed by atoms with van der Waals surface area (Å²) >= 11 is 0. The first-order valence-electron chi connectivity index (χ1n) is 27.3. The summed E-state index contributed by atoms with van der Waals surface area (Å²) in [4.78, 5) is 64.5. The Kier molecular flexibility index (Phi) is 26.5. The number of hydrogen-bond acceptors (Lipinski definition) is 18. The molecule has 2 atom stereocenters. The SMILES string of the molecule is CO.COc1cc(C(F)(F)F)ccc1Oc1ccc(-c2cccc(C(N)=O)n2)cc1.C[N+](=O)[O-].NC(=O)c1cccc(-c2ccc(Oc3ccc(C(F)(F)F)cc3C(O)C[N+](=O)[O-])cc2)n1.NCC(O)c1cc(C(F)(F)F)ccc1Oc1ccc(-c2cccc(C(N)=O)n2)cc1. The van der Waals surface area contributed by atoms with Crippen molar-refractivity contribution in [1.82, 2.24) is 15.0 Å². The van der Waals surface area contributed by atoms with Crippen molar-refractivity contribution in [2.75, 3.05) is 34.4 Å². The number of aliphatic hydroxyl groups is 3. The van der Waals surface area contributed by atoms with Crippen LogP contribution in [0.1, 0.15) is 71.5 Å². The van der Waals surface area contributed by atoms with Gasteiger partial charge in [0.15, 0.2) is 18.5 Å². The molecule has 23 nitrogen and oxygen atoms in total. The zero-order valence-electron chi connectivity index (χ0n) is 50.2. The number of hydrogen-bond donors (Lipinski definition) is 7. The van der Waals surface area contributed by atoms with Crippen molar-refractivity contribution < 1.29 is 98.0 Å². The standard InChI is InChI=1S/C21H16F3N3O5.C21H18F3N3O3.C20H15F3N2O3.CH3NO2.CH4O/c22-21(23,24)13-6-9-19(15(10-13)18(28)11-27(30)31)32-14-7-4-12(5-8-14)16-2-1-3-17(26-16)20(25)29;22-21(23,24)13-6-9-19(15(10-13)18(28)11-25)30-14-7-4-12(5-8-14)16-2-1-3-17(27-16)20(26)29;1-27-18-11-13(20(21,22)23)7-10-17(18)28-14-8-5-12(6-9-14)15-3-2-4-16(25-15)19(24)26;1-2(3)4;1-2/h1-10,18,28H,11H2,(H2,25,29);1-10,18,28H,11,25H2,(H2,26,29);2-11H,1H3,(H2,24,26);1H3;2H,1H3. The van der Waals surface area contributed by atoms with E-state index in [1.807, 2.05) is 0 Å². The number of amides is 3. The maximum atomic E-state index is 13.0. The molecule has 0 radical (unpaired) electrons. The van der Waals surface area contributed by atoms with Gasteiger partial charge in [-0.2, -0.15) is 39.5 Å². The van der Waals surface area contributed by atoms with E-state index in [1.54, 1.807) is 97.1 Å². The van der Waals surface area contributed by atoms with Gasteiger partial charge in [0, 0.05) is 51.3 Å². The first-order valence-corrected chi connectivity index (χ1v) is 27.3. The summed E-state index contributed by atoms with van der Waals surface area (Å²) < 4.78 is 138. The van der Waals surface area contributed by atoms with E-state index < -0.39 is 81.5 Å². The van der Waals surface area contributed by atoms with Crippen LogP contribution in [-0.2, 0) is 18.5 Å². The van der Waals surface area contributed by atoms with Gasteiger partial charge >= 0.3 is 18.5 Å². The van der Waals surface area contributed by atoms with Gasteiger partial charge in [0.1, 0.15) is 51.9 Å². The average Bonchev–Trinajstić information content (AvgIpc) is 0.822. The second kappa shape index (κ2) is 33.8. The average molecular weight is 1350 g/mol. The lowest BCUT2D eigenvalue weighted by atomic mass is 10.0. The minimum atomic E-state index is -4.70. The molecule has 2 unspecified atom stereocenters. The van der Waals surface area contributed by atoms with Crippen LogP contribution in [0.2, 0.25) is 0 Å². The van der Waals surface area contributed by atoms with Gasteiger partial charge in [-0.15, -0.1) is 0 Å². The highest BCUT2D eigenvalue weighted by Gasteiger charge is 2.35. The maximum absolute atomic E-state index is 13.0. The van der Waals surface area contributed by atoms with E-state index in [0.717, 1.165) is 62.2 Å². The van der Waals surface area contributed by atoms with Crippen molar-refractivity contribution in [2.24, 2.45) is 22.9 Å². The summed E-state index contributed by atoms with van der Waals surface area (Å²) in [6, 6.07) is 42.1. The summed E-state index contributed by atoms with van der Waals surface area (Å²) in [7, 11) is 3.16. The number of nitrogens with zero attached hydrogens (tertiary/aromatic N) is 5. The predicted molar refractivity (Wildman–Crippen MR) is 328 cm³/mol. The van der Waals surface area contributed by atoms with E-state index in [9.17, 15) is 74.2 Å². The second-order valence-electron chi connectivity index (χ2n) is 19.3. The maximum Gasteiger partial charge on any atom is 0.416 e. The summed E-state index contributed by atoms with van der Waals surface area (Å²) in [5, 5.41) is 46.6. The number of carbonyl (C=O) groups excluding carboxylic acids is 3. The third kappa shape index (κ3) is 22.0. The molecular formula is C64H56F9N9O14. The van der Waals surface area contributed by atoms with Crippen molar-refractivity contribution >= 4 is 17.7 Å². The predicted octanol–water partition coefficient (Wildman–Crippen LogP) is 11.8. The van der Waals surface area contributed by atoms with Crippen LogP contribution in [0.25, 0.3) is 33.8 Å². The van der Waals surface area contributed by atoms with Crippen LogP contribution >= 0.6 is 0 Å². The Bertz CT molecular complexity index is 4140. The van der Waals surface area contributed by atoms with Gasteiger partial charge in [-0.1, -0.05) is 18.2 Å². The van der Waals surface area contributed by atoms with Crippen LogP contribution in [0.4, 0.5) is 39.5 Å². The van der Waals surface area contributed by atoms with Crippen molar-refractivity contribution in [2.45, 2.75) is 30.7 Å². The number of rotatable bonds is 18. The van der Waals surface area contributed by atoms with Crippen LogP contribution < -0.4 is 41.9 Å². The molecule has 0 saturated carbocycles. The van der Waals surface area contributed by atoms with Gasteiger partial charge < -0.3 is 57.2 Å². The van der Waals surface area contributed by atoms with Crippen LogP contribution in [0.5, 0.6) is 40.2 Å². The summed E-state index contributed by atoms with van der Waals surface area (Å²) in [5.41, 5.74) is 21.8. The Morgan fingerprint density at radius 1 is 0.469 bits per heavy atom. The Morgan fingerprint density at radius 3 is 1.04 bits per heavy atom. The van der Waals surface area contributed by atoms with E-state index in [4.69, 9.17) is 57.1 Å². The topological polar surface area (TPSA) is 378 Å². The second-order valence-corrected chi connectivity index (χ2v) is 19.3. The molecule has 96 heavy (non-hydrogen) atoms. The lowest BCUT2D eigenvalue weighted by molar-refractivity contribution is -0.491. The highest BCUT2D eigenvalue weighted by molar-refractivity contribution is 5.92. The van der Waals surface area contributed by atoms with Gasteiger partial charge in [-0.05, 0) is 164 Å². The molecule has 32 heteroatoms. The molecule has 0 aliphatic rings. The highest BCUT2D eigenvalue weighted by atomic mass is 19.4. The minimum Gasteiger partial charge on any atom is -0.493 e. The van der Waals surface area contributed by atoms with Crippen LogP contribution in [0.15, 0.2) is 182 Å². The van der Waals surface area contributed by atoms with E-state index in [1.165, 1.54) is 43.5 Å². The molecule has 6 aromatic carbocycles. The number of aromatic nitrogens is 3. The molecule has 0 fully saturated rings. The summed E-state index contributed by atoms with van der Waals surface area (Å²) in [6.07, 6.45) is -16.9. The number of benzene rings is 6. The third-order valence-corrected chi connectivity index (χ3v) is 12.6. The zero-order valence-corrected chi connectivity index (χ0v) is 50.2. The van der Waals surface area contributed by atoms with Gasteiger partial charge in [0.25, 0.3) is 17.7 Å². The number of aliphatic hydroxyl groups excluding tert-OH is 3. The summed E-state index contributed by atoms with van der Waals surface area (Å²) in [5.74, 6) is -1.02. The monoisotopic (exact) mass is 1350 g/mol. The van der Waals surface area contributed by atoms with Crippen LogP contribution in [-0.4, -0.2) is 92.2 Å². The van der Waals surface area contributed by atoms with Crippen LogP contribution in [0, 0.1) is 20.2 Å². The number of methoxy groups -OCH3 is 1. The van der Waals surface area contributed by atoms with Crippen molar-refractivity contribution in [3.8, 4) is 74.0 Å². The quantitative estimate of drug-likeness (QED) is 0.0238. The molecule has 3 amide bonds. The lowest BCUT2D eigenvalue weighted by Gasteiger charge is -2.17. The fourth-order valence-electron chi connectivity index (χ4n) is 8.11. The lowest BCUT2D eigenvalue weighted by Crippen LogP contribution is -2.14. The molecule has 9 aromatic rings. The zero-order chi connectivity index (χ0) is 71.2. The normalized spacial score (nSPS) is 11.5. The summed E-state index contributed by atoms with van der Waals surface area (Å²) in [6.45, 7) is -1.25. The molecule has 0 aliphatic heterocycles. The van der Waals surface area contributed by atoms with Crippen molar-refractivity contribution in [1.29, 1.82) is 0 Å². The van der Waals surface area contributed by atoms with Crippen LogP contribution in [0.3, 0.4) is 0 Å². The molecule has 3 aromatic heterocycles. The number of halogens is 9. The largest absolute Gasteiger partial charge is 0.493 e. The van der Waals surface area contributed by atoms with Gasteiger partial charge in [0.05, 0.1) is 47.0 Å². The number of primary amides is 3. The molecule has 504 valence electrons. The number of nitrogens with two attached hydrogens (primary N) is 4.